The Labute approximate surface area is 191 Å². The second-order valence-corrected chi connectivity index (χ2v) is 9.65. The summed E-state index contributed by atoms with van der Waals surface area (Å²) in [4.78, 5) is 24.1. The Morgan fingerprint density at radius 2 is 2.00 bits per heavy atom. The number of amidine groups is 1. The van der Waals surface area contributed by atoms with Crippen molar-refractivity contribution in [3.8, 4) is 0 Å². The van der Waals surface area contributed by atoms with Gasteiger partial charge in [0.05, 0.1) is 11.7 Å². The molecule has 0 aromatic carbocycles. The molecule has 1 unspecified atom stereocenters. The summed E-state index contributed by atoms with van der Waals surface area (Å²) in [5, 5.41) is 3.23. The number of allylic oxidation sites excluding steroid dienone is 1. The average molecular weight is 468 g/mol. The highest BCUT2D eigenvalue weighted by Crippen LogP contribution is 2.32. The van der Waals surface area contributed by atoms with Crippen molar-refractivity contribution in [2.75, 3.05) is 19.6 Å². The minimum atomic E-state index is -1.71. The van der Waals surface area contributed by atoms with Gasteiger partial charge in [-0.2, -0.15) is 4.39 Å². The topological polar surface area (TPSA) is 70.1 Å². The van der Waals surface area contributed by atoms with E-state index < -0.39 is 29.4 Å². The van der Waals surface area contributed by atoms with E-state index in [1.54, 1.807) is 31.7 Å². The number of aliphatic imine (C=N–C) groups is 1. The van der Waals surface area contributed by atoms with Gasteiger partial charge < -0.3 is 15.0 Å². The first kappa shape index (κ1) is 24.0. The third kappa shape index (κ3) is 5.38. The van der Waals surface area contributed by atoms with E-state index in [-0.39, 0.29) is 18.1 Å². The maximum absolute atomic E-state index is 15.2. The molecule has 7 nitrogen and oxygen atoms in total. The van der Waals surface area contributed by atoms with E-state index in [0.29, 0.717) is 29.5 Å². The monoisotopic (exact) mass is 467 g/mol. The van der Waals surface area contributed by atoms with Gasteiger partial charge in [-0.15, -0.1) is 0 Å². The number of carbonyl (C=O) groups excluding carboxylic acids is 1. The Kier molecular flexibility index (Phi) is 6.51. The van der Waals surface area contributed by atoms with Crippen LogP contribution in [0.2, 0.25) is 0 Å². The molecule has 0 spiro atoms. The fraction of sp³-hybridized carbons (Fsp3) is 0.500. The highest BCUT2D eigenvalue weighted by Gasteiger charge is 2.43. The largest absolute Gasteiger partial charge is 0.444 e. The second-order valence-electron chi connectivity index (χ2n) is 9.27. The summed E-state index contributed by atoms with van der Waals surface area (Å²) in [5.74, 6) is 0.0760. The Balaban J connectivity index is 1.91. The molecule has 174 valence electrons. The minimum Gasteiger partial charge on any atom is -0.444 e. The van der Waals surface area contributed by atoms with Gasteiger partial charge in [-0.25, -0.2) is 19.2 Å². The number of pyridine rings is 1. The summed E-state index contributed by atoms with van der Waals surface area (Å²) in [6.45, 7) is 12.8. The number of hydrogen-bond donors (Lipinski definition) is 1. The fourth-order valence-electron chi connectivity index (χ4n) is 3.51. The van der Waals surface area contributed by atoms with Crippen molar-refractivity contribution in [3.05, 3.63) is 53.0 Å². The van der Waals surface area contributed by atoms with E-state index in [9.17, 15) is 9.18 Å². The maximum Gasteiger partial charge on any atom is 0.410 e. The number of rotatable bonds is 3. The van der Waals surface area contributed by atoms with Crippen LogP contribution in [0.3, 0.4) is 0 Å². The minimum absolute atomic E-state index is 0.142. The lowest BCUT2D eigenvalue weighted by atomic mass is 9.96. The van der Waals surface area contributed by atoms with Crippen LogP contribution in [-0.2, 0) is 4.74 Å². The van der Waals surface area contributed by atoms with Gasteiger partial charge in [-0.05, 0) is 40.7 Å². The molecule has 0 saturated carbocycles. The number of halogens is 3. The molecule has 2 aliphatic rings. The number of hydrogen-bond acceptors (Lipinski definition) is 6. The second kappa shape index (κ2) is 8.69. The summed E-state index contributed by atoms with van der Waals surface area (Å²) in [7, 11) is 0. The molecule has 3 rings (SSSR count). The molecule has 1 N–H and O–H groups in total. The standard InChI is InChI=1S/C22H28ClF2N5O2/c1-13-17(23)19(28-18(27-13)14-7-8-26-16(24)11-14)29-9-10-30(15(12-29)22(5,6)25)20(31)32-21(2,3)4/h7-8,11,15H,1,9-10,12H2,2-6H3,(H,27,28). The highest BCUT2D eigenvalue weighted by molar-refractivity contribution is 6.33. The SMILES string of the molecule is C=C1NC(c2ccnc(F)c2)=NC(N2CCN(C(=O)OC(C)(C)C)C(C(C)(C)F)C2)=C1Cl. The number of nitrogens with one attached hydrogen (secondary N) is 1. The smallest absolute Gasteiger partial charge is 0.410 e. The van der Waals surface area contributed by atoms with Gasteiger partial charge in [0.25, 0.3) is 0 Å². The van der Waals surface area contributed by atoms with Crippen molar-refractivity contribution in [3.63, 3.8) is 0 Å². The van der Waals surface area contributed by atoms with E-state index >= 15 is 4.39 Å². The molecule has 2 aliphatic heterocycles. The zero-order chi connectivity index (χ0) is 23.8. The van der Waals surface area contributed by atoms with Gasteiger partial charge in [-0.3, -0.25) is 4.90 Å². The molecule has 1 aromatic heterocycles. The normalized spacial score (nSPS) is 20.2. The van der Waals surface area contributed by atoms with E-state index in [0.717, 1.165) is 0 Å². The molecule has 1 aromatic rings. The summed E-state index contributed by atoms with van der Waals surface area (Å²) >= 11 is 6.48. The molecular formula is C22H28ClF2N5O2. The molecule has 0 bridgehead atoms. The maximum atomic E-state index is 15.2. The molecule has 32 heavy (non-hydrogen) atoms. The first-order valence-electron chi connectivity index (χ1n) is 10.3. The molecule has 1 fully saturated rings. The van der Waals surface area contributed by atoms with Gasteiger partial charge >= 0.3 is 6.09 Å². The van der Waals surface area contributed by atoms with Crippen molar-refractivity contribution in [1.29, 1.82) is 0 Å². The Morgan fingerprint density at radius 1 is 1.31 bits per heavy atom. The summed E-state index contributed by atoms with van der Waals surface area (Å²) in [5.41, 5.74) is -1.56. The lowest BCUT2D eigenvalue weighted by Crippen LogP contribution is -2.61. The third-order valence-corrected chi connectivity index (χ3v) is 5.45. The van der Waals surface area contributed by atoms with Crippen molar-refractivity contribution in [2.45, 2.75) is 51.9 Å². The number of piperazine rings is 1. The number of ether oxygens (including phenoxy) is 1. The zero-order valence-corrected chi connectivity index (χ0v) is 19.6. The van der Waals surface area contributed by atoms with Crippen LogP contribution in [0.25, 0.3) is 0 Å². The molecule has 10 heteroatoms. The predicted molar refractivity (Wildman–Crippen MR) is 119 cm³/mol. The molecule has 1 saturated heterocycles. The molecule has 1 atom stereocenters. The van der Waals surface area contributed by atoms with Crippen molar-refractivity contribution < 1.29 is 18.3 Å². The van der Waals surface area contributed by atoms with Crippen LogP contribution in [-0.4, -0.2) is 63.7 Å². The quantitative estimate of drug-likeness (QED) is 0.676. The average Bonchev–Trinajstić information content (AvgIpc) is 2.67. The van der Waals surface area contributed by atoms with Crippen LogP contribution in [0.1, 0.15) is 40.2 Å². The van der Waals surface area contributed by atoms with Gasteiger partial charge in [0, 0.05) is 37.5 Å². The van der Waals surface area contributed by atoms with Crippen LogP contribution in [0.5, 0.6) is 0 Å². The summed E-state index contributed by atoms with van der Waals surface area (Å²) in [6, 6.07) is 2.04. The fourth-order valence-corrected chi connectivity index (χ4v) is 3.72. The lowest BCUT2D eigenvalue weighted by molar-refractivity contribution is -0.0301. The molecule has 0 radical (unpaired) electrons. The first-order valence-corrected chi connectivity index (χ1v) is 10.6. The van der Waals surface area contributed by atoms with Crippen LogP contribution in [0.15, 0.2) is 46.5 Å². The Hall–Kier alpha value is -2.68. The molecule has 3 heterocycles. The molecular weight excluding hydrogens is 440 g/mol. The number of nitrogens with zero attached hydrogens (tertiary/aromatic N) is 4. The van der Waals surface area contributed by atoms with Crippen molar-refractivity contribution in [1.82, 2.24) is 20.1 Å². The summed E-state index contributed by atoms with van der Waals surface area (Å²) in [6.07, 6.45) is 0.762. The number of alkyl halides is 1. The van der Waals surface area contributed by atoms with Gasteiger partial charge in [0.1, 0.15) is 22.1 Å². The van der Waals surface area contributed by atoms with Crippen molar-refractivity contribution >= 4 is 23.5 Å². The van der Waals surface area contributed by atoms with E-state index in [1.165, 1.54) is 31.0 Å². The van der Waals surface area contributed by atoms with Crippen LogP contribution in [0.4, 0.5) is 13.6 Å². The highest BCUT2D eigenvalue weighted by atomic mass is 35.5. The third-order valence-electron chi connectivity index (χ3n) is 5.05. The van der Waals surface area contributed by atoms with Gasteiger partial charge in [0.15, 0.2) is 5.82 Å². The summed E-state index contributed by atoms with van der Waals surface area (Å²) < 4.78 is 34.3. The van der Waals surface area contributed by atoms with Crippen LogP contribution >= 0.6 is 11.6 Å². The number of amides is 1. The first-order chi connectivity index (χ1) is 14.8. The Bertz CT molecular complexity index is 981. The van der Waals surface area contributed by atoms with Crippen LogP contribution < -0.4 is 5.32 Å². The van der Waals surface area contributed by atoms with E-state index in [2.05, 4.69) is 21.9 Å². The number of carbonyl (C=O) groups is 1. The van der Waals surface area contributed by atoms with Crippen LogP contribution in [0, 0.1) is 5.95 Å². The van der Waals surface area contributed by atoms with Gasteiger partial charge in [0.2, 0.25) is 5.95 Å². The number of aromatic nitrogens is 1. The van der Waals surface area contributed by atoms with Gasteiger partial charge in [-0.1, -0.05) is 18.2 Å². The van der Waals surface area contributed by atoms with E-state index in [1.807, 2.05) is 0 Å². The zero-order valence-electron chi connectivity index (χ0n) is 18.9. The lowest BCUT2D eigenvalue weighted by Gasteiger charge is -2.46. The van der Waals surface area contributed by atoms with Crippen molar-refractivity contribution in [2.24, 2.45) is 4.99 Å². The molecule has 1 amide bonds. The molecule has 0 aliphatic carbocycles. The van der Waals surface area contributed by atoms with E-state index in [4.69, 9.17) is 16.3 Å². The predicted octanol–water partition coefficient (Wildman–Crippen LogP) is 4.16. The Morgan fingerprint density at radius 3 is 2.59 bits per heavy atom.